The molecule has 4 aromatic rings. The largest absolute Gasteiger partial charge is 0.497 e. The number of ketones is 1. The molecule has 0 bridgehead atoms. The number of rotatable bonds is 7. The zero-order valence-electron chi connectivity index (χ0n) is 17.1. The lowest BCUT2D eigenvalue weighted by atomic mass is 10.1. The number of Topliss-reactive ketones (excluding diaryl/α,β-unsaturated/α-hetero) is 1. The summed E-state index contributed by atoms with van der Waals surface area (Å²) >= 11 is 7.40. The third-order valence-corrected chi connectivity index (χ3v) is 5.93. The van der Waals surface area contributed by atoms with Gasteiger partial charge in [-0.05, 0) is 55.5 Å². The number of thioether (sulfide) groups is 1. The molecule has 3 aromatic carbocycles. The molecule has 1 aromatic heterocycles. The first kappa shape index (κ1) is 21.2. The fourth-order valence-electron chi connectivity index (χ4n) is 3.09. The van der Waals surface area contributed by atoms with Gasteiger partial charge in [-0.3, -0.25) is 9.36 Å². The second-order valence-corrected chi connectivity index (χ2v) is 8.31. The Labute approximate surface area is 190 Å². The minimum absolute atomic E-state index is 0.00426. The number of hydrogen-bond acceptors (Lipinski definition) is 5. The van der Waals surface area contributed by atoms with Gasteiger partial charge in [0.25, 0.3) is 0 Å². The first-order valence-electron chi connectivity index (χ1n) is 9.63. The summed E-state index contributed by atoms with van der Waals surface area (Å²) in [4.78, 5) is 12.7. The van der Waals surface area contributed by atoms with Crippen LogP contribution < -0.4 is 4.74 Å². The molecule has 0 fully saturated rings. The first-order chi connectivity index (χ1) is 15.0. The number of methoxy groups -OCH3 is 1. The Morgan fingerprint density at radius 3 is 2.48 bits per heavy atom. The van der Waals surface area contributed by atoms with Crippen molar-refractivity contribution >= 4 is 29.1 Å². The Hall–Kier alpha value is -3.09. The Morgan fingerprint density at radius 1 is 1.03 bits per heavy atom. The predicted octanol–water partition coefficient (Wildman–Crippen LogP) is 5.88. The van der Waals surface area contributed by atoms with Crippen LogP contribution in [-0.2, 0) is 0 Å². The van der Waals surface area contributed by atoms with Crippen LogP contribution in [0.2, 0.25) is 5.02 Å². The van der Waals surface area contributed by atoms with Crippen LogP contribution in [0.25, 0.3) is 17.1 Å². The maximum atomic E-state index is 12.7. The van der Waals surface area contributed by atoms with Crippen molar-refractivity contribution in [1.29, 1.82) is 0 Å². The van der Waals surface area contributed by atoms with Crippen LogP contribution >= 0.6 is 23.4 Å². The van der Waals surface area contributed by atoms with E-state index in [0.717, 1.165) is 16.8 Å². The molecule has 5 nitrogen and oxygen atoms in total. The summed E-state index contributed by atoms with van der Waals surface area (Å²) in [5, 5.41) is 10.1. The summed E-state index contributed by atoms with van der Waals surface area (Å²) < 4.78 is 7.18. The van der Waals surface area contributed by atoms with Gasteiger partial charge in [-0.1, -0.05) is 53.2 Å². The van der Waals surface area contributed by atoms with Gasteiger partial charge in [-0.2, -0.15) is 0 Å². The second-order valence-electron chi connectivity index (χ2n) is 6.93. The summed E-state index contributed by atoms with van der Waals surface area (Å²) in [6, 6.07) is 22.7. The van der Waals surface area contributed by atoms with Gasteiger partial charge in [0.15, 0.2) is 16.8 Å². The molecule has 0 aliphatic carbocycles. The third kappa shape index (κ3) is 4.81. The van der Waals surface area contributed by atoms with Crippen molar-refractivity contribution in [3.8, 4) is 22.8 Å². The molecule has 0 spiro atoms. The molecule has 0 unspecified atom stereocenters. The monoisotopic (exact) mass is 449 g/mol. The second kappa shape index (κ2) is 9.37. The maximum Gasteiger partial charge on any atom is 0.196 e. The van der Waals surface area contributed by atoms with E-state index in [4.69, 9.17) is 16.3 Å². The molecule has 156 valence electrons. The van der Waals surface area contributed by atoms with E-state index in [-0.39, 0.29) is 11.5 Å². The molecule has 1 heterocycles. The highest BCUT2D eigenvalue weighted by Gasteiger charge is 2.18. The maximum absolute atomic E-state index is 12.7. The third-order valence-electron chi connectivity index (χ3n) is 4.75. The van der Waals surface area contributed by atoms with Gasteiger partial charge in [0, 0.05) is 21.8 Å². The molecule has 4 rings (SSSR count). The molecule has 0 aliphatic rings. The number of ether oxygens (including phenoxy) is 1. The molecule has 31 heavy (non-hydrogen) atoms. The van der Waals surface area contributed by atoms with E-state index in [1.165, 1.54) is 11.8 Å². The molecule has 7 heteroatoms. The smallest absolute Gasteiger partial charge is 0.196 e. The Balaban J connectivity index is 1.66. The van der Waals surface area contributed by atoms with E-state index in [0.29, 0.717) is 27.3 Å². The number of aromatic nitrogens is 3. The number of halogens is 1. The van der Waals surface area contributed by atoms with E-state index in [1.807, 2.05) is 72.2 Å². The van der Waals surface area contributed by atoms with Crippen molar-refractivity contribution in [3.05, 3.63) is 88.9 Å². The zero-order chi connectivity index (χ0) is 21.8. The summed E-state index contributed by atoms with van der Waals surface area (Å²) in [6.07, 6.45) is 0. The van der Waals surface area contributed by atoms with Crippen LogP contribution in [0.5, 0.6) is 5.75 Å². The predicted molar refractivity (Wildman–Crippen MR) is 125 cm³/mol. The average molecular weight is 450 g/mol. The lowest BCUT2D eigenvalue weighted by Crippen LogP contribution is -2.05. The molecular formula is C24H20ClN3O2S. The van der Waals surface area contributed by atoms with Crippen molar-refractivity contribution in [2.45, 2.75) is 12.1 Å². The molecule has 0 N–H and O–H groups in total. The Morgan fingerprint density at radius 2 is 1.77 bits per heavy atom. The lowest BCUT2D eigenvalue weighted by Gasteiger charge is -2.11. The van der Waals surface area contributed by atoms with Crippen LogP contribution in [0.15, 0.2) is 78.0 Å². The highest BCUT2D eigenvalue weighted by Crippen LogP contribution is 2.29. The van der Waals surface area contributed by atoms with Gasteiger partial charge in [-0.25, -0.2) is 0 Å². The Kier molecular flexibility index (Phi) is 6.39. The van der Waals surface area contributed by atoms with Crippen molar-refractivity contribution in [1.82, 2.24) is 14.8 Å². The SMILES string of the molecule is COc1cccc(C(=O)CSc2nnc(-c3ccc(Cl)cc3)n2-c2ccc(C)cc2)c1. The number of aryl methyl sites for hydroxylation is 1. The Bertz CT molecular complexity index is 1200. The highest BCUT2D eigenvalue weighted by molar-refractivity contribution is 7.99. The zero-order valence-corrected chi connectivity index (χ0v) is 18.7. The van der Waals surface area contributed by atoms with Gasteiger partial charge >= 0.3 is 0 Å². The minimum atomic E-state index is -0.00426. The first-order valence-corrected chi connectivity index (χ1v) is 11.0. The van der Waals surface area contributed by atoms with Crippen molar-refractivity contribution in [2.24, 2.45) is 0 Å². The molecule has 0 atom stereocenters. The van der Waals surface area contributed by atoms with Crippen molar-refractivity contribution in [3.63, 3.8) is 0 Å². The van der Waals surface area contributed by atoms with Crippen LogP contribution in [0.3, 0.4) is 0 Å². The van der Waals surface area contributed by atoms with Gasteiger partial charge < -0.3 is 4.74 Å². The van der Waals surface area contributed by atoms with Crippen molar-refractivity contribution in [2.75, 3.05) is 12.9 Å². The minimum Gasteiger partial charge on any atom is -0.497 e. The van der Waals surface area contributed by atoms with E-state index in [9.17, 15) is 4.79 Å². The summed E-state index contributed by atoms with van der Waals surface area (Å²) in [5.74, 6) is 1.58. The topological polar surface area (TPSA) is 57.0 Å². The summed E-state index contributed by atoms with van der Waals surface area (Å²) in [6.45, 7) is 2.04. The van der Waals surface area contributed by atoms with E-state index in [1.54, 1.807) is 19.2 Å². The highest BCUT2D eigenvalue weighted by atomic mass is 35.5. The molecular weight excluding hydrogens is 430 g/mol. The van der Waals surface area contributed by atoms with Crippen LogP contribution in [0.1, 0.15) is 15.9 Å². The average Bonchev–Trinajstić information content (AvgIpc) is 3.22. The van der Waals surface area contributed by atoms with Crippen LogP contribution in [-0.4, -0.2) is 33.4 Å². The number of nitrogens with zero attached hydrogens (tertiary/aromatic N) is 3. The summed E-state index contributed by atoms with van der Waals surface area (Å²) in [7, 11) is 1.58. The van der Waals surface area contributed by atoms with Crippen LogP contribution in [0.4, 0.5) is 0 Å². The number of carbonyl (C=O) groups is 1. The van der Waals surface area contributed by atoms with Crippen molar-refractivity contribution < 1.29 is 9.53 Å². The van der Waals surface area contributed by atoms with Gasteiger partial charge in [-0.15, -0.1) is 10.2 Å². The van der Waals surface area contributed by atoms with E-state index >= 15 is 0 Å². The number of hydrogen-bond donors (Lipinski definition) is 0. The van der Waals surface area contributed by atoms with Crippen LogP contribution in [0, 0.1) is 6.92 Å². The van der Waals surface area contributed by atoms with Gasteiger partial charge in [0.2, 0.25) is 0 Å². The number of carbonyl (C=O) groups excluding carboxylic acids is 1. The fourth-order valence-corrected chi connectivity index (χ4v) is 4.06. The quantitative estimate of drug-likeness (QED) is 0.260. The normalized spacial score (nSPS) is 10.8. The molecule has 0 saturated heterocycles. The standard InChI is InChI=1S/C24H20ClN3O2S/c1-16-6-12-20(13-7-16)28-23(17-8-10-19(25)11-9-17)26-27-24(28)31-15-22(29)18-4-3-5-21(14-18)30-2/h3-14H,15H2,1-2H3. The molecule has 0 aliphatic heterocycles. The molecule has 0 radical (unpaired) electrons. The molecule has 0 saturated carbocycles. The lowest BCUT2D eigenvalue weighted by molar-refractivity contribution is 0.102. The fraction of sp³-hybridized carbons (Fsp3) is 0.125. The van der Waals surface area contributed by atoms with E-state index < -0.39 is 0 Å². The summed E-state index contributed by atoms with van der Waals surface area (Å²) in [5.41, 5.74) is 3.58. The van der Waals surface area contributed by atoms with Gasteiger partial charge in [0.1, 0.15) is 5.75 Å². The van der Waals surface area contributed by atoms with Gasteiger partial charge in [0.05, 0.1) is 12.9 Å². The molecule has 0 amide bonds. The number of benzene rings is 3. The van der Waals surface area contributed by atoms with E-state index in [2.05, 4.69) is 10.2 Å².